The Morgan fingerprint density at radius 2 is 1.76 bits per heavy atom. The van der Waals surface area contributed by atoms with Crippen molar-refractivity contribution in [3.63, 3.8) is 0 Å². The van der Waals surface area contributed by atoms with Gasteiger partial charge in [-0.15, -0.1) is 0 Å². The van der Waals surface area contributed by atoms with E-state index in [0.717, 1.165) is 39.7 Å². The maximum Gasteiger partial charge on any atom is 0.305 e. The van der Waals surface area contributed by atoms with Crippen molar-refractivity contribution in [1.29, 1.82) is 0 Å². The zero-order valence-electron chi connectivity index (χ0n) is 17.4. The highest BCUT2D eigenvalue weighted by Crippen LogP contribution is 2.24. The third-order valence-electron chi connectivity index (χ3n) is 5.09. The zero-order valence-corrected chi connectivity index (χ0v) is 18.3. The lowest BCUT2D eigenvalue weighted by Crippen LogP contribution is -2.54. The van der Waals surface area contributed by atoms with E-state index in [-0.39, 0.29) is 24.2 Å². The summed E-state index contributed by atoms with van der Waals surface area (Å²) in [5, 5.41) is 11.7. The van der Waals surface area contributed by atoms with Gasteiger partial charge in [-0.1, -0.05) is 18.2 Å². The van der Waals surface area contributed by atoms with Crippen molar-refractivity contribution in [1.82, 2.24) is 14.5 Å². The first-order valence-electron chi connectivity index (χ1n) is 9.78. The number of carbonyl (C=O) groups is 3. The molecule has 33 heavy (non-hydrogen) atoms. The van der Waals surface area contributed by atoms with Gasteiger partial charge in [0.1, 0.15) is 11.6 Å². The highest BCUT2D eigenvalue weighted by Gasteiger charge is 2.45. The standard InChI is InChI=1S/C21H21F2N3O6S/c1-33(31,32)26-10-9-25(21(30)14-3-2-4-16(23)11-14)20(26)19(29)24-17(12-18(27)28)13-5-7-15(22)8-6-13/h2-8,11,17,20H,9-10,12H2,1H3,(H,24,29)(H,27,28). The Hall–Kier alpha value is -3.38. The average molecular weight is 481 g/mol. The van der Waals surface area contributed by atoms with Gasteiger partial charge in [-0.3, -0.25) is 14.4 Å². The van der Waals surface area contributed by atoms with Gasteiger partial charge in [0, 0.05) is 18.7 Å². The van der Waals surface area contributed by atoms with E-state index in [1.165, 1.54) is 24.3 Å². The number of halogens is 2. The van der Waals surface area contributed by atoms with Gasteiger partial charge in [-0.25, -0.2) is 17.2 Å². The second kappa shape index (κ2) is 9.63. The predicted octanol–water partition coefficient (Wildman–Crippen LogP) is 1.34. The quantitative estimate of drug-likeness (QED) is 0.615. The third kappa shape index (κ3) is 5.71. The number of carboxylic acids is 1. The molecule has 0 radical (unpaired) electrons. The molecule has 0 aromatic heterocycles. The van der Waals surface area contributed by atoms with Crippen LogP contribution in [-0.2, 0) is 19.6 Å². The molecule has 9 nitrogen and oxygen atoms in total. The van der Waals surface area contributed by atoms with Crippen LogP contribution in [0.25, 0.3) is 0 Å². The van der Waals surface area contributed by atoms with Crippen LogP contribution in [0.3, 0.4) is 0 Å². The first-order valence-corrected chi connectivity index (χ1v) is 11.6. The number of hydrogen-bond donors (Lipinski definition) is 2. The van der Waals surface area contributed by atoms with Crippen LogP contribution < -0.4 is 5.32 Å². The van der Waals surface area contributed by atoms with Crippen LogP contribution in [0, 0.1) is 11.6 Å². The maximum atomic E-state index is 13.6. The molecule has 0 spiro atoms. The van der Waals surface area contributed by atoms with Crippen LogP contribution in [0.5, 0.6) is 0 Å². The van der Waals surface area contributed by atoms with E-state index < -0.39 is 58.1 Å². The number of rotatable bonds is 7. The van der Waals surface area contributed by atoms with Gasteiger partial charge in [0.25, 0.3) is 11.8 Å². The molecule has 2 unspecified atom stereocenters. The second-order valence-corrected chi connectivity index (χ2v) is 9.40. The van der Waals surface area contributed by atoms with Crippen LogP contribution >= 0.6 is 0 Å². The van der Waals surface area contributed by atoms with Crippen molar-refractivity contribution < 1.29 is 36.7 Å². The summed E-state index contributed by atoms with van der Waals surface area (Å²) in [6.45, 7) is -0.321. The lowest BCUT2D eigenvalue weighted by Gasteiger charge is -2.29. The van der Waals surface area contributed by atoms with E-state index in [4.69, 9.17) is 0 Å². The summed E-state index contributed by atoms with van der Waals surface area (Å²) in [7, 11) is -3.94. The third-order valence-corrected chi connectivity index (χ3v) is 6.32. The van der Waals surface area contributed by atoms with E-state index in [1.807, 2.05) is 0 Å². The molecule has 1 saturated heterocycles. The van der Waals surface area contributed by atoms with Crippen molar-refractivity contribution in [3.8, 4) is 0 Å². The first kappa shape index (κ1) is 24.3. The summed E-state index contributed by atoms with van der Waals surface area (Å²) in [6, 6.07) is 8.38. The minimum atomic E-state index is -3.94. The maximum absolute atomic E-state index is 13.6. The number of amides is 2. The summed E-state index contributed by atoms with van der Waals surface area (Å²) in [4.78, 5) is 38.5. The van der Waals surface area contributed by atoms with Gasteiger partial charge >= 0.3 is 5.97 Å². The minimum Gasteiger partial charge on any atom is -0.481 e. The van der Waals surface area contributed by atoms with Gasteiger partial charge in [-0.05, 0) is 35.9 Å². The molecular formula is C21H21F2N3O6S. The SMILES string of the molecule is CS(=O)(=O)N1CCN(C(=O)c2cccc(F)c2)C1C(=O)NC(CC(=O)O)c1ccc(F)cc1. The molecule has 12 heteroatoms. The molecule has 3 rings (SSSR count). The van der Waals surface area contributed by atoms with Crippen LogP contribution in [0.2, 0.25) is 0 Å². The fourth-order valence-corrected chi connectivity index (χ4v) is 4.58. The monoisotopic (exact) mass is 481 g/mol. The van der Waals surface area contributed by atoms with Crippen LogP contribution in [0.4, 0.5) is 8.78 Å². The van der Waals surface area contributed by atoms with E-state index >= 15 is 0 Å². The number of hydrogen-bond acceptors (Lipinski definition) is 5. The Labute approximate surface area is 188 Å². The topological polar surface area (TPSA) is 124 Å². The molecule has 2 N–H and O–H groups in total. The smallest absolute Gasteiger partial charge is 0.305 e. The Bertz CT molecular complexity index is 1170. The van der Waals surface area contributed by atoms with Gasteiger partial charge < -0.3 is 15.3 Å². The van der Waals surface area contributed by atoms with Crippen molar-refractivity contribution in [3.05, 3.63) is 71.3 Å². The summed E-state index contributed by atoms with van der Waals surface area (Å²) in [5.74, 6) is -4.22. The Balaban J connectivity index is 1.94. The lowest BCUT2D eigenvalue weighted by molar-refractivity contribution is -0.138. The summed E-state index contributed by atoms with van der Waals surface area (Å²) >= 11 is 0. The number of carboxylic acid groups (broad SMARTS) is 1. The molecule has 1 aliphatic heterocycles. The number of carbonyl (C=O) groups excluding carboxylic acids is 2. The van der Waals surface area contributed by atoms with Crippen molar-refractivity contribution in [2.75, 3.05) is 19.3 Å². The zero-order chi connectivity index (χ0) is 24.3. The van der Waals surface area contributed by atoms with E-state index in [9.17, 15) is 36.7 Å². The summed E-state index contributed by atoms with van der Waals surface area (Å²) in [5.41, 5.74) is 0.197. The van der Waals surface area contributed by atoms with Crippen molar-refractivity contribution >= 4 is 27.8 Å². The van der Waals surface area contributed by atoms with Crippen molar-refractivity contribution in [2.24, 2.45) is 0 Å². The summed E-state index contributed by atoms with van der Waals surface area (Å²) < 4.78 is 52.3. The minimum absolute atomic E-state index is 0.0798. The number of nitrogens with zero attached hydrogens (tertiary/aromatic N) is 2. The normalized spacial score (nSPS) is 17.5. The fourth-order valence-electron chi connectivity index (χ4n) is 3.59. The molecule has 1 aliphatic rings. The molecule has 2 atom stereocenters. The molecule has 2 aromatic rings. The molecule has 0 saturated carbocycles. The largest absolute Gasteiger partial charge is 0.481 e. The number of benzene rings is 2. The fraction of sp³-hybridized carbons (Fsp3) is 0.286. The van der Waals surface area contributed by atoms with E-state index in [0.29, 0.717) is 0 Å². The van der Waals surface area contributed by atoms with Gasteiger partial charge in [0.15, 0.2) is 6.17 Å². The number of aliphatic carboxylic acids is 1. The van der Waals surface area contributed by atoms with E-state index in [2.05, 4.69) is 5.32 Å². The summed E-state index contributed by atoms with van der Waals surface area (Å²) in [6.07, 6.45) is -1.31. The lowest BCUT2D eigenvalue weighted by atomic mass is 10.0. The van der Waals surface area contributed by atoms with Crippen LogP contribution in [0.15, 0.2) is 48.5 Å². The molecule has 2 aromatic carbocycles. The number of nitrogens with one attached hydrogen (secondary N) is 1. The second-order valence-electron chi connectivity index (χ2n) is 7.47. The molecule has 1 fully saturated rings. The number of sulfonamides is 1. The molecule has 1 heterocycles. The Morgan fingerprint density at radius 1 is 1.09 bits per heavy atom. The highest BCUT2D eigenvalue weighted by molar-refractivity contribution is 7.88. The molecular weight excluding hydrogens is 460 g/mol. The molecule has 0 bridgehead atoms. The van der Waals surface area contributed by atoms with Crippen LogP contribution in [0.1, 0.15) is 28.4 Å². The predicted molar refractivity (Wildman–Crippen MR) is 112 cm³/mol. The average Bonchev–Trinajstić information content (AvgIpc) is 3.19. The van der Waals surface area contributed by atoms with Crippen molar-refractivity contribution in [2.45, 2.75) is 18.6 Å². The Morgan fingerprint density at radius 3 is 2.33 bits per heavy atom. The van der Waals surface area contributed by atoms with Gasteiger partial charge in [0.05, 0.1) is 18.7 Å². The van der Waals surface area contributed by atoms with Crippen LogP contribution in [-0.4, -0.2) is 66.0 Å². The molecule has 176 valence electrons. The van der Waals surface area contributed by atoms with E-state index in [1.54, 1.807) is 0 Å². The molecule has 2 amide bonds. The Kier molecular flexibility index (Phi) is 7.08. The van der Waals surface area contributed by atoms with Gasteiger partial charge in [-0.2, -0.15) is 4.31 Å². The molecule has 0 aliphatic carbocycles. The first-order chi connectivity index (χ1) is 15.5. The highest BCUT2D eigenvalue weighted by atomic mass is 32.2. The van der Waals surface area contributed by atoms with Gasteiger partial charge in [0.2, 0.25) is 10.0 Å².